The highest BCUT2D eigenvalue weighted by molar-refractivity contribution is 7.89. The van der Waals surface area contributed by atoms with Crippen LogP contribution in [0.1, 0.15) is 40.2 Å². The van der Waals surface area contributed by atoms with Gasteiger partial charge in [0.25, 0.3) is 10.0 Å². The molecular weight excluding hydrogens is 501 g/mol. The van der Waals surface area contributed by atoms with Gasteiger partial charge < -0.3 is 9.47 Å². The zero-order valence-corrected chi connectivity index (χ0v) is 21.5. The Bertz CT molecular complexity index is 1370. The van der Waals surface area contributed by atoms with Crippen molar-refractivity contribution in [1.82, 2.24) is 19.2 Å². The van der Waals surface area contributed by atoms with Gasteiger partial charge in [0.2, 0.25) is 0 Å². The number of benzene rings is 2. The zero-order chi connectivity index (χ0) is 26.2. The third-order valence-corrected chi connectivity index (χ3v) is 8.82. The Hall–Kier alpha value is -2.69. The van der Waals surface area contributed by atoms with Crippen molar-refractivity contribution in [1.29, 1.82) is 0 Å². The first-order valence-electron chi connectivity index (χ1n) is 12.6. The second-order valence-corrected chi connectivity index (χ2v) is 11.9. The van der Waals surface area contributed by atoms with Gasteiger partial charge in [-0.3, -0.25) is 0 Å². The number of aryl methyl sites for hydroxylation is 1. The highest BCUT2D eigenvalue weighted by Crippen LogP contribution is 2.42. The van der Waals surface area contributed by atoms with Gasteiger partial charge in [-0.1, -0.05) is 36.4 Å². The van der Waals surface area contributed by atoms with Gasteiger partial charge >= 0.3 is 6.18 Å². The minimum absolute atomic E-state index is 0.0149. The SMILES string of the molecule is Cn1cnc(S(=O)(=O)NCCc2ccc3c(c2)C(Cc2cccc(C(F)(F)F)c2)C(CN2CCC2)C3)c1. The van der Waals surface area contributed by atoms with Crippen LogP contribution in [0, 0.1) is 5.92 Å². The summed E-state index contributed by atoms with van der Waals surface area (Å²) in [7, 11) is -1.98. The molecule has 198 valence electrons. The first-order valence-corrected chi connectivity index (χ1v) is 14.0. The molecule has 1 aliphatic heterocycles. The number of halogens is 3. The molecule has 2 heterocycles. The molecule has 5 rings (SSSR count). The molecule has 0 spiro atoms. The smallest absolute Gasteiger partial charge is 0.339 e. The van der Waals surface area contributed by atoms with Crippen molar-refractivity contribution in [3.05, 3.63) is 82.8 Å². The summed E-state index contributed by atoms with van der Waals surface area (Å²) in [4.78, 5) is 6.33. The number of aromatic nitrogens is 2. The first-order chi connectivity index (χ1) is 17.6. The molecule has 0 saturated carbocycles. The van der Waals surface area contributed by atoms with E-state index in [4.69, 9.17) is 0 Å². The van der Waals surface area contributed by atoms with E-state index in [9.17, 15) is 21.6 Å². The molecule has 2 atom stereocenters. The Labute approximate surface area is 215 Å². The maximum Gasteiger partial charge on any atom is 0.416 e. The lowest BCUT2D eigenvalue weighted by Crippen LogP contribution is -2.41. The topological polar surface area (TPSA) is 67.2 Å². The molecule has 0 radical (unpaired) electrons. The Kier molecular flexibility index (Phi) is 7.17. The van der Waals surface area contributed by atoms with E-state index in [0.29, 0.717) is 24.3 Å². The molecule has 2 unspecified atom stereocenters. The van der Waals surface area contributed by atoms with Gasteiger partial charge in [-0.05, 0) is 78.9 Å². The van der Waals surface area contributed by atoms with Crippen molar-refractivity contribution >= 4 is 10.0 Å². The number of hydrogen-bond acceptors (Lipinski definition) is 4. The number of rotatable bonds is 9. The summed E-state index contributed by atoms with van der Waals surface area (Å²) >= 11 is 0. The number of nitrogens with zero attached hydrogens (tertiary/aromatic N) is 3. The van der Waals surface area contributed by atoms with Gasteiger partial charge in [0.05, 0.1) is 11.9 Å². The maximum absolute atomic E-state index is 13.3. The van der Waals surface area contributed by atoms with Gasteiger partial charge in [-0.15, -0.1) is 0 Å². The minimum atomic E-state index is -4.36. The van der Waals surface area contributed by atoms with Crippen molar-refractivity contribution in [2.24, 2.45) is 13.0 Å². The third kappa shape index (κ3) is 5.91. The van der Waals surface area contributed by atoms with E-state index in [0.717, 1.165) is 37.7 Å². The summed E-state index contributed by atoms with van der Waals surface area (Å²) in [5.41, 5.74) is 3.49. The predicted octanol–water partition coefficient (Wildman–Crippen LogP) is 4.16. The quantitative estimate of drug-likeness (QED) is 0.450. The third-order valence-electron chi connectivity index (χ3n) is 7.47. The predicted molar refractivity (Wildman–Crippen MR) is 135 cm³/mol. The Morgan fingerprint density at radius 1 is 1.11 bits per heavy atom. The fourth-order valence-corrected chi connectivity index (χ4v) is 6.44. The summed E-state index contributed by atoms with van der Waals surface area (Å²) in [5.74, 6) is 0.451. The molecule has 2 aliphatic rings. The summed E-state index contributed by atoms with van der Waals surface area (Å²) in [6.07, 6.45) is 1.68. The number of fused-ring (bicyclic) bond motifs is 1. The second-order valence-electron chi connectivity index (χ2n) is 10.2. The lowest BCUT2D eigenvalue weighted by Gasteiger charge is -2.35. The number of likely N-dealkylation sites (tertiary alicyclic amines) is 1. The molecule has 37 heavy (non-hydrogen) atoms. The van der Waals surface area contributed by atoms with E-state index in [1.165, 1.54) is 42.2 Å². The normalized spacial score (nSPS) is 20.1. The van der Waals surface area contributed by atoms with E-state index in [-0.39, 0.29) is 17.5 Å². The standard InChI is InChI=1S/C27H31F3N4O2S/c1-33-17-26(31-18-33)37(35,36)32-9-8-19-6-7-21-15-22(16-34-10-3-11-34)25(24(21)13-19)14-20-4-2-5-23(12-20)27(28,29)30/h2,4-7,12-13,17-18,22,25,32H,3,8-11,14-16H2,1H3. The van der Waals surface area contributed by atoms with Crippen molar-refractivity contribution in [3.8, 4) is 0 Å². The molecule has 6 nitrogen and oxygen atoms in total. The average Bonchev–Trinajstić information content (AvgIpc) is 3.40. The fourth-order valence-electron chi connectivity index (χ4n) is 5.43. The van der Waals surface area contributed by atoms with Gasteiger partial charge in [0, 0.05) is 26.3 Å². The molecule has 0 bridgehead atoms. The van der Waals surface area contributed by atoms with Crippen LogP contribution in [0.5, 0.6) is 0 Å². The van der Waals surface area contributed by atoms with Crippen molar-refractivity contribution in [3.63, 3.8) is 0 Å². The van der Waals surface area contributed by atoms with Crippen LogP contribution in [0.25, 0.3) is 0 Å². The molecule has 1 fully saturated rings. The number of hydrogen-bond donors (Lipinski definition) is 1. The Morgan fingerprint density at radius 3 is 2.59 bits per heavy atom. The molecule has 3 aromatic rings. The molecule has 1 aliphatic carbocycles. The highest BCUT2D eigenvalue weighted by Gasteiger charge is 2.36. The van der Waals surface area contributed by atoms with Gasteiger partial charge in [-0.25, -0.2) is 18.1 Å². The van der Waals surface area contributed by atoms with Gasteiger partial charge in [0.1, 0.15) is 0 Å². The van der Waals surface area contributed by atoms with Crippen LogP contribution in [0.3, 0.4) is 0 Å². The van der Waals surface area contributed by atoms with E-state index in [1.54, 1.807) is 17.7 Å². The number of imidazole rings is 1. The zero-order valence-electron chi connectivity index (χ0n) is 20.7. The van der Waals surface area contributed by atoms with Crippen LogP contribution in [0.2, 0.25) is 0 Å². The van der Waals surface area contributed by atoms with Crippen LogP contribution < -0.4 is 4.72 Å². The average molecular weight is 533 g/mol. The summed E-state index contributed by atoms with van der Waals surface area (Å²) in [5, 5.41) is -0.0149. The van der Waals surface area contributed by atoms with E-state index < -0.39 is 21.8 Å². The summed E-state index contributed by atoms with van der Waals surface area (Å²) in [6, 6.07) is 11.9. The number of alkyl halides is 3. The largest absolute Gasteiger partial charge is 0.416 e. The summed E-state index contributed by atoms with van der Waals surface area (Å²) < 4.78 is 69.1. The van der Waals surface area contributed by atoms with Gasteiger partial charge in [0.15, 0.2) is 5.03 Å². The Morgan fingerprint density at radius 2 is 1.92 bits per heavy atom. The monoisotopic (exact) mass is 532 g/mol. The second kappa shape index (κ2) is 10.2. The molecule has 2 aromatic carbocycles. The number of nitrogens with one attached hydrogen (secondary N) is 1. The summed E-state index contributed by atoms with van der Waals surface area (Å²) in [6.45, 7) is 3.32. The lowest BCUT2D eigenvalue weighted by atomic mass is 9.85. The molecule has 1 aromatic heterocycles. The molecule has 0 amide bonds. The van der Waals surface area contributed by atoms with E-state index in [1.807, 2.05) is 6.07 Å². The van der Waals surface area contributed by atoms with Crippen molar-refractivity contribution in [2.45, 2.75) is 42.8 Å². The van der Waals surface area contributed by atoms with Crippen LogP contribution in [0.4, 0.5) is 13.2 Å². The molecule has 1 N–H and O–H groups in total. The first kappa shape index (κ1) is 25.9. The molecule has 1 saturated heterocycles. The highest BCUT2D eigenvalue weighted by atomic mass is 32.2. The van der Waals surface area contributed by atoms with E-state index in [2.05, 4.69) is 26.7 Å². The fraction of sp³-hybridized carbons (Fsp3) is 0.444. The minimum Gasteiger partial charge on any atom is -0.339 e. The molecular formula is C27H31F3N4O2S. The van der Waals surface area contributed by atoms with E-state index >= 15 is 0 Å². The Balaban J connectivity index is 1.33. The van der Waals surface area contributed by atoms with Crippen molar-refractivity contribution < 1.29 is 21.6 Å². The van der Waals surface area contributed by atoms with Crippen LogP contribution in [-0.2, 0) is 42.5 Å². The van der Waals surface area contributed by atoms with Crippen LogP contribution in [-0.4, -0.2) is 49.0 Å². The maximum atomic E-state index is 13.3. The molecule has 10 heteroatoms. The van der Waals surface area contributed by atoms with Crippen molar-refractivity contribution in [2.75, 3.05) is 26.2 Å². The van der Waals surface area contributed by atoms with Crippen LogP contribution in [0.15, 0.2) is 60.0 Å². The van der Waals surface area contributed by atoms with Gasteiger partial charge in [-0.2, -0.15) is 13.2 Å². The van der Waals surface area contributed by atoms with Crippen LogP contribution >= 0.6 is 0 Å². The lowest BCUT2D eigenvalue weighted by molar-refractivity contribution is -0.137. The number of sulfonamides is 1.